The molecule has 2 aromatic carbocycles. The summed E-state index contributed by atoms with van der Waals surface area (Å²) in [5, 5.41) is 9.60. The summed E-state index contributed by atoms with van der Waals surface area (Å²) < 4.78 is 51.4. The van der Waals surface area contributed by atoms with Gasteiger partial charge in [-0.3, -0.25) is 0 Å². The molecule has 1 aromatic heterocycles. The van der Waals surface area contributed by atoms with E-state index in [1.165, 1.54) is 6.07 Å². The summed E-state index contributed by atoms with van der Waals surface area (Å²) in [6, 6.07) is 7.06. The lowest BCUT2D eigenvalue weighted by atomic mass is 10.1. The van der Waals surface area contributed by atoms with Gasteiger partial charge in [0.15, 0.2) is 12.4 Å². The number of nitrogens with one attached hydrogen (secondary N) is 1. The van der Waals surface area contributed by atoms with E-state index in [1.807, 2.05) is 6.20 Å². The van der Waals surface area contributed by atoms with Gasteiger partial charge in [-0.05, 0) is 70.6 Å². The molecule has 1 aliphatic carbocycles. The Bertz CT molecular complexity index is 1090. The number of rotatable bonds is 6. The van der Waals surface area contributed by atoms with Gasteiger partial charge in [-0.25, -0.2) is 4.79 Å². The highest BCUT2D eigenvalue weighted by Crippen LogP contribution is 2.46. The summed E-state index contributed by atoms with van der Waals surface area (Å²) in [6.07, 6.45) is -0.602. The van der Waals surface area contributed by atoms with Gasteiger partial charge >= 0.3 is 12.1 Å². The fourth-order valence-corrected chi connectivity index (χ4v) is 3.67. The van der Waals surface area contributed by atoms with E-state index in [1.54, 1.807) is 18.2 Å². The summed E-state index contributed by atoms with van der Waals surface area (Å²) >= 11 is 3.09. The summed E-state index contributed by atoms with van der Waals surface area (Å²) in [5.74, 6) is -1.19. The lowest BCUT2D eigenvalue weighted by molar-refractivity contribution is -0.139. The molecule has 4 rings (SSSR count). The average Bonchev–Trinajstić information content (AvgIpc) is 3.40. The minimum Gasteiger partial charge on any atom is -0.482 e. The third-order valence-corrected chi connectivity index (χ3v) is 5.20. The van der Waals surface area contributed by atoms with E-state index in [0.29, 0.717) is 5.92 Å². The third-order valence-electron chi connectivity index (χ3n) is 4.61. The predicted molar refractivity (Wildman–Crippen MR) is 103 cm³/mol. The van der Waals surface area contributed by atoms with Gasteiger partial charge in [0.25, 0.3) is 0 Å². The number of hydrogen-bond donors (Lipinski definition) is 2. The Kier molecular flexibility index (Phi) is 4.94. The molecule has 0 radical (unpaired) electrons. The maximum Gasteiger partial charge on any atom is 0.420 e. The SMILES string of the molecule is O=C(O)COc1cc(Br)c(Oc2ccc3[nH]cc(C4CC4)c3c2)c(C(F)(F)F)c1. The van der Waals surface area contributed by atoms with Crippen LogP contribution in [0.2, 0.25) is 0 Å². The quantitative estimate of drug-likeness (QED) is 0.458. The second-order valence-electron chi connectivity index (χ2n) is 6.79. The Labute approximate surface area is 171 Å². The number of aromatic nitrogens is 1. The molecule has 2 N–H and O–H groups in total. The van der Waals surface area contributed by atoms with Crippen LogP contribution in [0.4, 0.5) is 13.2 Å². The number of carboxylic acids is 1. The molecule has 1 saturated carbocycles. The molecule has 0 unspecified atom stereocenters. The molecule has 0 atom stereocenters. The standard InChI is InChI=1S/C20H15BrF3NO4/c21-16-7-12(28-9-18(26)27)6-15(20(22,23)24)19(16)29-11-3-4-17-13(5-11)14(8-25-17)10-1-2-10/h3-8,10,25H,1-2,9H2,(H,26,27). The zero-order valence-corrected chi connectivity index (χ0v) is 16.4. The van der Waals surface area contributed by atoms with Crippen LogP contribution in [0.15, 0.2) is 41.0 Å². The molecule has 3 aromatic rings. The minimum absolute atomic E-state index is 0.00398. The lowest BCUT2D eigenvalue weighted by Gasteiger charge is -2.17. The number of alkyl halides is 3. The minimum atomic E-state index is -4.72. The summed E-state index contributed by atoms with van der Waals surface area (Å²) in [6.45, 7) is -0.752. The molecule has 9 heteroatoms. The van der Waals surface area contributed by atoms with E-state index in [2.05, 4.69) is 20.9 Å². The van der Waals surface area contributed by atoms with Gasteiger partial charge in [-0.15, -0.1) is 0 Å². The van der Waals surface area contributed by atoms with Crippen molar-refractivity contribution in [1.82, 2.24) is 4.98 Å². The molecule has 0 bridgehead atoms. The Hall–Kier alpha value is -2.68. The van der Waals surface area contributed by atoms with Crippen molar-refractivity contribution in [3.8, 4) is 17.2 Å². The maximum absolute atomic E-state index is 13.6. The first-order valence-corrected chi connectivity index (χ1v) is 9.56. The van der Waals surface area contributed by atoms with Gasteiger partial charge in [0.2, 0.25) is 0 Å². The molecule has 1 fully saturated rings. The second kappa shape index (κ2) is 7.29. The zero-order chi connectivity index (χ0) is 20.8. The topological polar surface area (TPSA) is 71.6 Å². The Balaban J connectivity index is 1.71. The average molecular weight is 470 g/mol. The molecule has 29 heavy (non-hydrogen) atoms. The number of aliphatic carboxylic acids is 1. The Morgan fingerprint density at radius 2 is 1.97 bits per heavy atom. The molecule has 5 nitrogen and oxygen atoms in total. The normalized spacial score (nSPS) is 14.2. The van der Waals surface area contributed by atoms with Crippen molar-refractivity contribution in [2.24, 2.45) is 0 Å². The van der Waals surface area contributed by atoms with Crippen LogP contribution in [0.1, 0.15) is 29.9 Å². The van der Waals surface area contributed by atoms with Crippen molar-refractivity contribution in [3.63, 3.8) is 0 Å². The van der Waals surface area contributed by atoms with Gasteiger partial charge in [0.1, 0.15) is 17.1 Å². The molecule has 1 aliphatic rings. The van der Waals surface area contributed by atoms with Crippen molar-refractivity contribution in [1.29, 1.82) is 0 Å². The van der Waals surface area contributed by atoms with E-state index in [4.69, 9.17) is 14.6 Å². The molecular weight excluding hydrogens is 455 g/mol. The molecule has 0 spiro atoms. The van der Waals surface area contributed by atoms with Gasteiger partial charge in [-0.1, -0.05) is 0 Å². The van der Waals surface area contributed by atoms with E-state index in [9.17, 15) is 18.0 Å². The summed E-state index contributed by atoms with van der Waals surface area (Å²) in [7, 11) is 0. The van der Waals surface area contributed by atoms with Gasteiger partial charge in [0.05, 0.1) is 4.47 Å². The first-order valence-electron chi connectivity index (χ1n) is 8.76. The van der Waals surface area contributed by atoms with Crippen molar-refractivity contribution in [2.45, 2.75) is 24.9 Å². The van der Waals surface area contributed by atoms with E-state index < -0.39 is 30.1 Å². The number of fused-ring (bicyclic) bond motifs is 1. The number of aromatic amines is 1. The first kappa shape index (κ1) is 19.6. The summed E-state index contributed by atoms with van der Waals surface area (Å²) in [4.78, 5) is 13.8. The van der Waals surface area contributed by atoms with Crippen LogP contribution in [0.25, 0.3) is 10.9 Å². The number of carboxylic acid groups (broad SMARTS) is 1. The number of carbonyl (C=O) groups is 1. The third kappa shape index (κ3) is 4.19. The predicted octanol–water partition coefficient (Wildman–Crippen LogP) is 6.08. The van der Waals surface area contributed by atoms with Crippen LogP contribution in [0.3, 0.4) is 0 Å². The van der Waals surface area contributed by atoms with Crippen LogP contribution in [0, 0.1) is 0 Å². The number of ether oxygens (including phenoxy) is 2. The highest BCUT2D eigenvalue weighted by Gasteiger charge is 2.37. The second-order valence-corrected chi connectivity index (χ2v) is 7.64. The van der Waals surface area contributed by atoms with E-state index >= 15 is 0 Å². The monoisotopic (exact) mass is 469 g/mol. The highest BCUT2D eigenvalue weighted by molar-refractivity contribution is 9.10. The van der Waals surface area contributed by atoms with Crippen LogP contribution >= 0.6 is 15.9 Å². The molecule has 0 aliphatic heterocycles. The van der Waals surface area contributed by atoms with E-state index in [-0.39, 0.29) is 16.0 Å². The largest absolute Gasteiger partial charge is 0.482 e. The van der Waals surface area contributed by atoms with Crippen LogP contribution in [-0.4, -0.2) is 22.7 Å². The molecular formula is C20H15BrF3NO4. The smallest absolute Gasteiger partial charge is 0.420 e. The first-order chi connectivity index (χ1) is 13.7. The number of benzene rings is 2. The molecule has 152 valence electrons. The van der Waals surface area contributed by atoms with Crippen molar-refractivity contribution < 1.29 is 32.5 Å². The van der Waals surface area contributed by atoms with Crippen LogP contribution in [0.5, 0.6) is 17.2 Å². The number of halogens is 4. The highest BCUT2D eigenvalue weighted by atomic mass is 79.9. The number of hydrogen-bond acceptors (Lipinski definition) is 3. The fourth-order valence-electron chi connectivity index (χ4n) is 3.15. The number of H-pyrrole nitrogens is 1. The molecule has 0 saturated heterocycles. The van der Waals surface area contributed by atoms with Crippen molar-refractivity contribution >= 4 is 32.8 Å². The van der Waals surface area contributed by atoms with Crippen LogP contribution < -0.4 is 9.47 Å². The van der Waals surface area contributed by atoms with Crippen molar-refractivity contribution in [2.75, 3.05) is 6.61 Å². The molecule has 0 amide bonds. The maximum atomic E-state index is 13.6. The fraction of sp³-hybridized carbons (Fsp3) is 0.250. The Morgan fingerprint density at radius 1 is 1.21 bits per heavy atom. The van der Waals surface area contributed by atoms with Gasteiger partial charge in [-0.2, -0.15) is 13.2 Å². The van der Waals surface area contributed by atoms with Crippen LogP contribution in [-0.2, 0) is 11.0 Å². The van der Waals surface area contributed by atoms with Gasteiger partial charge < -0.3 is 19.6 Å². The zero-order valence-electron chi connectivity index (χ0n) is 14.8. The Morgan fingerprint density at radius 3 is 2.62 bits per heavy atom. The van der Waals surface area contributed by atoms with Gasteiger partial charge in [0, 0.05) is 17.1 Å². The lowest BCUT2D eigenvalue weighted by Crippen LogP contribution is -2.12. The van der Waals surface area contributed by atoms with Crippen molar-refractivity contribution in [3.05, 3.63) is 52.1 Å². The van der Waals surface area contributed by atoms with E-state index in [0.717, 1.165) is 35.4 Å². The molecule has 1 heterocycles. The summed E-state index contributed by atoms with van der Waals surface area (Å²) in [5.41, 5.74) is 0.966.